The van der Waals surface area contributed by atoms with Gasteiger partial charge in [-0.3, -0.25) is 0 Å². The fourth-order valence-corrected chi connectivity index (χ4v) is 2.16. The fraction of sp³-hybridized carbons (Fsp3) is 0. The van der Waals surface area contributed by atoms with Gasteiger partial charge in [-0.05, 0) is 11.4 Å². The zero-order chi connectivity index (χ0) is 9.97. The lowest BCUT2D eigenvalue weighted by molar-refractivity contribution is 0.348. The zero-order valence-corrected chi connectivity index (χ0v) is 8.81. The molecule has 1 unspecified atom stereocenters. The molecule has 0 bridgehead atoms. The van der Waals surface area contributed by atoms with E-state index in [1.807, 2.05) is 17.5 Å². The molecule has 0 aliphatic carbocycles. The van der Waals surface area contributed by atoms with Crippen LogP contribution in [0.25, 0.3) is 10.6 Å². The van der Waals surface area contributed by atoms with Crippen LogP contribution in [-0.2, 0) is 10.8 Å². The van der Waals surface area contributed by atoms with Gasteiger partial charge in [-0.1, -0.05) is 17.8 Å². The van der Waals surface area contributed by atoms with Crippen molar-refractivity contribution in [2.45, 2.75) is 5.09 Å². The summed E-state index contributed by atoms with van der Waals surface area (Å²) < 4.78 is 16.2. The molecule has 2 aromatic heterocycles. The third kappa shape index (κ3) is 1.69. The quantitative estimate of drug-likeness (QED) is 0.806. The third-order valence-corrected chi connectivity index (χ3v) is 3.40. The SMILES string of the molecule is C=CS(=O)c1cc(-c2cccs2)no1. The van der Waals surface area contributed by atoms with E-state index in [1.165, 1.54) is 5.41 Å². The zero-order valence-electron chi connectivity index (χ0n) is 7.17. The van der Waals surface area contributed by atoms with Gasteiger partial charge in [-0.25, -0.2) is 4.21 Å². The lowest BCUT2D eigenvalue weighted by Crippen LogP contribution is -1.79. The lowest BCUT2D eigenvalue weighted by atomic mass is 10.3. The molecule has 1 atom stereocenters. The summed E-state index contributed by atoms with van der Waals surface area (Å²) in [4.78, 5) is 1.00. The van der Waals surface area contributed by atoms with Gasteiger partial charge in [0.15, 0.2) is 0 Å². The Morgan fingerprint density at radius 1 is 1.64 bits per heavy atom. The Balaban J connectivity index is 2.35. The number of aromatic nitrogens is 1. The molecule has 2 aromatic rings. The van der Waals surface area contributed by atoms with Crippen LogP contribution in [0.5, 0.6) is 0 Å². The Bertz CT molecular complexity index is 459. The molecule has 0 N–H and O–H groups in total. The van der Waals surface area contributed by atoms with E-state index in [0.717, 1.165) is 4.88 Å². The van der Waals surface area contributed by atoms with Crippen molar-refractivity contribution in [3.63, 3.8) is 0 Å². The molecule has 2 rings (SSSR count). The molecule has 0 fully saturated rings. The summed E-state index contributed by atoms with van der Waals surface area (Å²) in [5.41, 5.74) is 0.713. The summed E-state index contributed by atoms with van der Waals surface area (Å²) in [5, 5.41) is 7.43. The highest BCUT2D eigenvalue weighted by Gasteiger charge is 2.10. The van der Waals surface area contributed by atoms with Crippen molar-refractivity contribution >= 4 is 22.1 Å². The molecular weight excluding hydrogens is 218 g/mol. The topological polar surface area (TPSA) is 43.1 Å². The molecule has 0 aliphatic heterocycles. The average molecular weight is 225 g/mol. The average Bonchev–Trinajstić information content (AvgIpc) is 2.86. The van der Waals surface area contributed by atoms with Crippen molar-refractivity contribution in [1.82, 2.24) is 5.16 Å². The van der Waals surface area contributed by atoms with E-state index >= 15 is 0 Å². The second-order valence-corrected chi connectivity index (χ2v) is 4.75. The van der Waals surface area contributed by atoms with Crippen LogP contribution in [0.4, 0.5) is 0 Å². The normalized spacial score (nSPS) is 12.6. The lowest BCUT2D eigenvalue weighted by Gasteiger charge is -1.83. The first-order chi connectivity index (χ1) is 6.81. The first kappa shape index (κ1) is 9.36. The van der Waals surface area contributed by atoms with Gasteiger partial charge in [0, 0.05) is 11.5 Å². The predicted octanol–water partition coefficient (Wildman–Crippen LogP) is 2.65. The van der Waals surface area contributed by atoms with E-state index in [-0.39, 0.29) is 0 Å². The summed E-state index contributed by atoms with van der Waals surface area (Å²) in [5.74, 6) is 0. The molecule has 0 spiro atoms. The van der Waals surface area contributed by atoms with E-state index in [0.29, 0.717) is 10.8 Å². The minimum atomic E-state index is -1.29. The molecular formula is C9H7NO2S2. The number of hydrogen-bond donors (Lipinski definition) is 0. The summed E-state index contributed by atoms with van der Waals surface area (Å²) in [7, 11) is -1.29. The van der Waals surface area contributed by atoms with E-state index < -0.39 is 10.8 Å². The van der Waals surface area contributed by atoms with Crippen molar-refractivity contribution in [2.75, 3.05) is 0 Å². The van der Waals surface area contributed by atoms with E-state index in [2.05, 4.69) is 11.7 Å². The van der Waals surface area contributed by atoms with Gasteiger partial charge in [0.2, 0.25) is 5.09 Å². The number of hydrogen-bond acceptors (Lipinski definition) is 4. The van der Waals surface area contributed by atoms with Crippen LogP contribution in [0, 0.1) is 0 Å². The maximum absolute atomic E-state index is 11.3. The first-order valence-corrected chi connectivity index (χ1v) is 5.94. The maximum Gasteiger partial charge on any atom is 0.227 e. The van der Waals surface area contributed by atoms with Gasteiger partial charge in [-0.15, -0.1) is 11.3 Å². The van der Waals surface area contributed by atoms with Gasteiger partial charge < -0.3 is 4.52 Å². The molecule has 0 saturated carbocycles. The summed E-state index contributed by atoms with van der Waals surface area (Å²) in [6.07, 6.45) is 0. The molecule has 0 amide bonds. The van der Waals surface area contributed by atoms with Crippen LogP contribution in [-0.4, -0.2) is 9.37 Å². The molecule has 5 heteroatoms. The Hall–Kier alpha value is -1.20. The van der Waals surface area contributed by atoms with E-state index in [1.54, 1.807) is 17.4 Å². The summed E-state index contributed by atoms with van der Waals surface area (Å²) in [6, 6.07) is 5.53. The van der Waals surface area contributed by atoms with Gasteiger partial charge in [0.05, 0.1) is 4.88 Å². The van der Waals surface area contributed by atoms with Gasteiger partial charge >= 0.3 is 0 Å². The Kier molecular flexibility index (Phi) is 2.60. The summed E-state index contributed by atoms with van der Waals surface area (Å²) >= 11 is 1.56. The van der Waals surface area contributed by atoms with Crippen molar-refractivity contribution in [1.29, 1.82) is 0 Å². The van der Waals surface area contributed by atoms with E-state index in [4.69, 9.17) is 4.52 Å². The van der Waals surface area contributed by atoms with Crippen LogP contribution in [0.1, 0.15) is 0 Å². The Morgan fingerprint density at radius 3 is 3.14 bits per heavy atom. The molecule has 0 aliphatic rings. The molecule has 0 radical (unpaired) electrons. The number of rotatable bonds is 3. The van der Waals surface area contributed by atoms with Crippen molar-refractivity contribution in [3.8, 4) is 10.6 Å². The molecule has 72 valence electrons. The van der Waals surface area contributed by atoms with Crippen LogP contribution in [0.2, 0.25) is 0 Å². The Labute approximate surface area is 87.5 Å². The first-order valence-electron chi connectivity index (χ1n) is 3.85. The highest BCUT2D eigenvalue weighted by Crippen LogP contribution is 2.25. The molecule has 14 heavy (non-hydrogen) atoms. The number of thiophene rings is 1. The smallest absolute Gasteiger partial charge is 0.227 e. The monoisotopic (exact) mass is 225 g/mol. The molecule has 3 nitrogen and oxygen atoms in total. The van der Waals surface area contributed by atoms with E-state index in [9.17, 15) is 4.21 Å². The third-order valence-electron chi connectivity index (χ3n) is 1.61. The van der Waals surface area contributed by atoms with Gasteiger partial charge in [0.1, 0.15) is 16.5 Å². The van der Waals surface area contributed by atoms with Gasteiger partial charge in [-0.2, -0.15) is 0 Å². The highest BCUT2D eigenvalue weighted by atomic mass is 32.2. The second kappa shape index (κ2) is 3.89. The largest absolute Gasteiger partial charge is 0.346 e. The van der Waals surface area contributed by atoms with Crippen LogP contribution in [0.15, 0.2) is 45.2 Å². The Morgan fingerprint density at radius 2 is 2.50 bits per heavy atom. The minimum absolute atomic E-state index is 0.336. The van der Waals surface area contributed by atoms with Crippen molar-refractivity contribution in [2.24, 2.45) is 0 Å². The minimum Gasteiger partial charge on any atom is -0.346 e. The predicted molar refractivity (Wildman–Crippen MR) is 56.4 cm³/mol. The van der Waals surface area contributed by atoms with Crippen LogP contribution < -0.4 is 0 Å². The van der Waals surface area contributed by atoms with Crippen LogP contribution >= 0.6 is 11.3 Å². The fourth-order valence-electron chi connectivity index (χ4n) is 0.976. The molecule has 0 aromatic carbocycles. The highest BCUT2D eigenvalue weighted by molar-refractivity contribution is 7.87. The van der Waals surface area contributed by atoms with Crippen LogP contribution in [0.3, 0.4) is 0 Å². The van der Waals surface area contributed by atoms with Gasteiger partial charge in [0.25, 0.3) is 0 Å². The standard InChI is InChI=1S/C9H7NO2S2/c1-2-14(11)9-6-7(10-12-9)8-4-3-5-13-8/h2-6H,1H2. The maximum atomic E-state index is 11.3. The molecule has 2 heterocycles. The number of nitrogens with zero attached hydrogens (tertiary/aromatic N) is 1. The molecule has 0 saturated heterocycles. The van der Waals surface area contributed by atoms with Crippen molar-refractivity contribution < 1.29 is 8.73 Å². The summed E-state index contributed by atoms with van der Waals surface area (Å²) in [6.45, 7) is 3.42. The second-order valence-electron chi connectivity index (χ2n) is 2.47. The van der Waals surface area contributed by atoms with Crippen molar-refractivity contribution in [3.05, 3.63) is 35.6 Å².